The summed E-state index contributed by atoms with van der Waals surface area (Å²) in [6.45, 7) is 7.47. The summed E-state index contributed by atoms with van der Waals surface area (Å²) >= 11 is 7.91. The molecule has 3 rings (SSSR count). The van der Waals surface area contributed by atoms with Crippen LogP contribution in [0.3, 0.4) is 0 Å². The van der Waals surface area contributed by atoms with Crippen molar-refractivity contribution < 1.29 is 0 Å². The molecule has 3 fully saturated rings. The molecule has 0 aromatic rings. The third-order valence-electron chi connectivity index (χ3n) is 7.69. The minimum absolute atomic E-state index is 0.929. The highest BCUT2D eigenvalue weighted by Gasteiger charge is 2.53. The largest absolute Gasteiger partial charge is 0.166 e. The standard InChI is InChI=1S/C21H39ClSi/c1-16-7-4-10-19(13-16)23(22,20-11-5-8-17(2)14-20)21-12-6-9-18(3)15-21/h16-21H,4-15H2,1-3H3. The predicted molar refractivity (Wildman–Crippen MR) is 106 cm³/mol. The molecule has 0 heterocycles. The molecule has 0 aromatic heterocycles. The zero-order valence-electron chi connectivity index (χ0n) is 15.8. The third-order valence-corrected chi connectivity index (χ3v) is 15.8. The smallest absolute Gasteiger partial charge is 0.165 e. The van der Waals surface area contributed by atoms with E-state index in [0.29, 0.717) is 0 Å². The second kappa shape index (κ2) is 7.81. The van der Waals surface area contributed by atoms with Gasteiger partial charge in [0.05, 0.1) is 0 Å². The van der Waals surface area contributed by atoms with E-state index in [9.17, 15) is 0 Å². The number of hydrogen-bond donors (Lipinski definition) is 0. The van der Waals surface area contributed by atoms with Gasteiger partial charge in [-0.25, -0.2) is 0 Å². The van der Waals surface area contributed by atoms with E-state index in [4.69, 9.17) is 11.1 Å². The minimum Gasteiger partial charge on any atom is -0.166 e. The maximum absolute atomic E-state index is 7.91. The molecule has 0 radical (unpaired) electrons. The Morgan fingerprint density at radius 3 is 1.13 bits per heavy atom. The van der Waals surface area contributed by atoms with Crippen LogP contribution in [0.4, 0.5) is 0 Å². The van der Waals surface area contributed by atoms with Crippen LogP contribution < -0.4 is 0 Å². The van der Waals surface area contributed by atoms with Crippen LogP contribution in [-0.2, 0) is 0 Å². The second-order valence-electron chi connectivity index (χ2n) is 9.73. The van der Waals surface area contributed by atoms with E-state index >= 15 is 0 Å². The molecule has 134 valence electrons. The monoisotopic (exact) mass is 354 g/mol. The molecule has 6 unspecified atom stereocenters. The zero-order valence-corrected chi connectivity index (χ0v) is 17.6. The van der Waals surface area contributed by atoms with Gasteiger partial charge in [0.1, 0.15) is 0 Å². The first-order valence-corrected chi connectivity index (χ1v) is 13.9. The second-order valence-corrected chi connectivity index (χ2v) is 15.8. The van der Waals surface area contributed by atoms with Gasteiger partial charge in [-0.1, -0.05) is 78.6 Å². The average Bonchev–Trinajstić information content (AvgIpc) is 2.54. The maximum atomic E-state index is 7.91. The van der Waals surface area contributed by atoms with Gasteiger partial charge in [-0.05, 0) is 53.6 Å². The van der Waals surface area contributed by atoms with E-state index in [1.165, 1.54) is 77.0 Å². The zero-order chi connectivity index (χ0) is 16.4. The van der Waals surface area contributed by atoms with E-state index < -0.39 is 7.38 Å². The van der Waals surface area contributed by atoms with Crippen LogP contribution in [0, 0.1) is 17.8 Å². The van der Waals surface area contributed by atoms with Crippen LogP contribution in [0.2, 0.25) is 16.6 Å². The first kappa shape index (κ1) is 18.3. The minimum atomic E-state index is -1.70. The predicted octanol–water partition coefficient (Wildman–Crippen LogP) is 7.91. The lowest BCUT2D eigenvalue weighted by Crippen LogP contribution is -2.48. The Morgan fingerprint density at radius 2 is 0.870 bits per heavy atom. The van der Waals surface area contributed by atoms with Crippen LogP contribution >= 0.6 is 11.1 Å². The molecule has 0 spiro atoms. The molecule has 0 N–H and O–H groups in total. The van der Waals surface area contributed by atoms with Gasteiger partial charge in [0.15, 0.2) is 7.38 Å². The Bertz CT molecular complexity index is 327. The van der Waals surface area contributed by atoms with Gasteiger partial charge >= 0.3 is 0 Å². The molecule has 3 saturated carbocycles. The van der Waals surface area contributed by atoms with Crippen molar-refractivity contribution in [2.75, 3.05) is 0 Å². The summed E-state index contributed by atoms with van der Waals surface area (Å²) in [6, 6.07) is 0. The molecular weight excluding hydrogens is 316 g/mol. The number of rotatable bonds is 3. The fourth-order valence-corrected chi connectivity index (χ4v) is 14.5. The lowest BCUT2D eigenvalue weighted by atomic mass is 9.89. The fourth-order valence-electron chi connectivity index (χ4n) is 6.51. The molecule has 0 aromatic carbocycles. The lowest BCUT2D eigenvalue weighted by Gasteiger charge is -2.51. The third kappa shape index (κ3) is 4.02. The molecule has 3 aliphatic rings. The van der Waals surface area contributed by atoms with Crippen LogP contribution in [0.15, 0.2) is 0 Å². The van der Waals surface area contributed by atoms with E-state index in [1.807, 2.05) is 0 Å². The molecule has 0 saturated heterocycles. The molecule has 0 bridgehead atoms. The van der Waals surface area contributed by atoms with Crippen LogP contribution in [0.25, 0.3) is 0 Å². The average molecular weight is 355 g/mol. The summed E-state index contributed by atoms with van der Waals surface area (Å²) in [7, 11) is -1.70. The van der Waals surface area contributed by atoms with Crippen molar-refractivity contribution in [2.45, 2.75) is 114 Å². The molecular formula is C21H39ClSi. The Hall–Kier alpha value is 0.507. The topological polar surface area (TPSA) is 0 Å². The molecule has 0 aliphatic heterocycles. The highest BCUT2D eigenvalue weighted by atomic mass is 35.6. The van der Waals surface area contributed by atoms with Crippen molar-refractivity contribution in [3.05, 3.63) is 0 Å². The van der Waals surface area contributed by atoms with Gasteiger partial charge in [-0.15, -0.1) is 0 Å². The van der Waals surface area contributed by atoms with Crippen molar-refractivity contribution in [3.8, 4) is 0 Å². The number of hydrogen-bond acceptors (Lipinski definition) is 0. The van der Waals surface area contributed by atoms with Crippen LogP contribution in [0.5, 0.6) is 0 Å². The molecule has 2 heteroatoms. The van der Waals surface area contributed by atoms with Gasteiger partial charge in [-0.3, -0.25) is 0 Å². The Labute approximate surface area is 150 Å². The first-order valence-electron chi connectivity index (χ1n) is 10.7. The summed E-state index contributed by atoms with van der Waals surface area (Å²) < 4.78 is 0. The summed E-state index contributed by atoms with van der Waals surface area (Å²) in [6.07, 6.45) is 17.5. The quantitative estimate of drug-likeness (QED) is 0.356. The first-order chi connectivity index (χ1) is 11.0. The van der Waals surface area contributed by atoms with E-state index in [2.05, 4.69) is 20.8 Å². The Balaban J connectivity index is 1.84. The van der Waals surface area contributed by atoms with Crippen molar-refractivity contribution in [2.24, 2.45) is 17.8 Å². The van der Waals surface area contributed by atoms with Crippen LogP contribution in [-0.4, -0.2) is 7.38 Å². The molecule has 23 heavy (non-hydrogen) atoms. The van der Waals surface area contributed by atoms with Gasteiger partial charge in [0.2, 0.25) is 0 Å². The van der Waals surface area contributed by atoms with Crippen LogP contribution in [0.1, 0.15) is 97.8 Å². The number of halogens is 1. The van der Waals surface area contributed by atoms with Gasteiger partial charge in [0.25, 0.3) is 0 Å². The van der Waals surface area contributed by atoms with E-state index in [-0.39, 0.29) is 0 Å². The fraction of sp³-hybridized carbons (Fsp3) is 1.00. The van der Waals surface area contributed by atoms with Crippen molar-refractivity contribution in [1.29, 1.82) is 0 Å². The lowest BCUT2D eigenvalue weighted by molar-refractivity contribution is 0.329. The summed E-state index contributed by atoms with van der Waals surface area (Å²) in [5.41, 5.74) is 2.79. The van der Waals surface area contributed by atoms with Crippen molar-refractivity contribution in [1.82, 2.24) is 0 Å². The highest BCUT2D eigenvalue weighted by Crippen LogP contribution is 2.60. The van der Waals surface area contributed by atoms with Gasteiger partial charge < -0.3 is 0 Å². The summed E-state index contributed by atoms with van der Waals surface area (Å²) in [4.78, 5) is 0. The maximum Gasteiger partial charge on any atom is 0.165 e. The Morgan fingerprint density at radius 1 is 0.565 bits per heavy atom. The molecule has 3 aliphatic carbocycles. The normalized spacial score (nSPS) is 45.4. The van der Waals surface area contributed by atoms with E-state index in [0.717, 1.165) is 34.4 Å². The van der Waals surface area contributed by atoms with E-state index in [1.54, 1.807) is 0 Å². The van der Waals surface area contributed by atoms with Crippen molar-refractivity contribution in [3.63, 3.8) is 0 Å². The summed E-state index contributed by atoms with van der Waals surface area (Å²) in [5.74, 6) is 2.80. The molecule has 0 amide bonds. The van der Waals surface area contributed by atoms with Crippen molar-refractivity contribution >= 4 is 18.5 Å². The Kier molecular flexibility index (Phi) is 6.22. The van der Waals surface area contributed by atoms with Gasteiger partial charge in [-0.2, -0.15) is 11.1 Å². The molecule has 0 nitrogen and oxygen atoms in total. The summed E-state index contributed by atoms with van der Waals surface area (Å²) in [5, 5.41) is 0. The highest BCUT2D eigenvalue weighted by molar-refractivity contribution is 7.22. The SMILES string of the molecule is CC1CCCC([Si](Cl)(C2CCCC(C)C2)C2CCCC(C)C2)C1. The van der Waals surface area contributed by atoms with Gasteiger partial charge in [0, 0.05) is 0 Å². The molecule has 6 atom stereocenters.